The number of halogens is 2. The lowest BCUT2D eigenvalue weighted by Gasteiger charge is -2.09. The van der Waals surface area contributed by atoms with Gasteiger partial charge in [0.15, 0.2) is 5.65 Å². The SMILES string of the molecule is Cc1cc2[nH]c(O[C@@H]3CO[C@H](CCO)C3)nc2nc1OCc1c(F)cccc1F. The number of hydrogen-bond donors (Lipinski definition) is 2. The number of aryl methyl sites for hydroxylation is 1. The van der Waals surface area contributed by atoms with Crippen LogP contribution in [0.25, 0.3) is 11.2 Å². The summed E-state index contributed by atoms with van der Waals surface area (Å²) in [5, 5.41) is 9.00. The number of ether oxygens (including phenoxy) is 3. The van der Waals surface area contributed by atoms with Gasteiger partial charge in [0.2, 0.25) is 5.88 Å². The summed E-state index contributed by atoms with van der Waals surface area (Å²) >= 11 is 0. The predicted octanol–water partition coefficient (Wildman–Crippen LogP) is 3.04. The maximum atomic E-state index is 13.8. The van der Waals surface area contributed by atoms with E-state index in [2.05, 4.69) is 15.0 Å². The van der Waals surface area contributed by atoms with Crippen molar-refractivity contribution in [2.45, 2.75) is 38.6 Å². The van der Waals surface area contributed by atoms with Gasteiger partial charge in [-0.1, -0.05) is 6.07 Å². The minimum Gasteiger partial charge on any atom is -0.472 e. The van der Waals surface area contributed by atoms with E-state index in [1.165, 1.54) is 18.2 Å². The fraction of sp³-hybridized carbons (Fsp3) is 0.400. The first-order valence-corrected chi connectivity index (χ1v) is 9.35. The van der Waals surface area contributed by atoms with Crippen LogP contribution in [-0.4, -0.2) is 45.5 Å². The Bertz CT molecular complexity index is 991. The van der Waals surface area contributed by atoms with Crippen molar-refractivity contribution in [3.8, 4) is 11.9 Å². The molecule has 1 saturated heterocycles. The highest BCUT2D eigenvalue weighted by Crippen LogP contribution is 2.26. The molecule has 0 bridgehead atoms. The van der Waals surface area contributed by atoms with Crippen LogP contribution in [0.5, 0.6) is 11.9 Å². The lowest BCUT2D eigenvalue weighted by atomic mass is 10.1. The zero-order valence-electron chi connectivity index (χ0n) is 15.8. The number of aromatic nitrogens is 3. The summed E-state index contributed by atoms with van der Waals surface area (Å²) in [5.74, 6) is -1.10. The fourth-order valence-corrected chi connectivity index (χ4v) is 3.27. The number of pyridine rings is 1. The fourth-order valence-electron chi connectivity index (χ4n) is 3.27. The molecule has 1 aromatic carbocycles. The molecule has 0 amide bonds. The van der Waals surface area contributed by atoms with E-state index in [9.17, 15) is 8.78 Å². The molecule has 1 aliphatic rings. The van der Waals surface area contributed by atoms with Crippen molar-refractivity contribution in [3.05, 3.63) is 47.0 Å². The lowest BCUT2D eigenvalue weighted by molar-refractivity contribution is 0.0755. The van der Waals surface area contributed by atoms with Gasteiger partial charge in [-0.25, -0.2) is 8.78 Å². The number of hydrogen-bond acceptors (Lipinski definition) is 6. The highest BCUT2D eigenvalue weighted by molar-refractivity contribution is 5.73. The molecule has 7 nitrogen and oxygen atoms in total. The summed E-state index contributed by atoms with van der Waals surface area (Å²) in [6, 6.07) is 5.76. The van der Waals surface area contributed by atoms with Crippen LogP contribution in [-0.2, 0) is 11.3 Å². The Morgan fingerprint density at radius 3 is 2.83 bits per heavy atom. The van der Waals surface area contributed by atoms with Gasteiger partial charge in [0.05, 0.1) is 23.8 Å². The largest absolute Gasteiger partial charge is 0.472 e. The molecule has 1 aliphatic heterocycles. The first kappa shape index (κ1) is 19.5. The Hall–Kier alpha value is -2.78. The van der Waals surface area contributed by atoms with Gasteiger partial charge < -0.3 is 24.3 Å². The average Bonchev–Trinajstić information content (AvgIpc) is 3.28. The van der Waals surface area contributed by atoms with Crippen LogP contribution in [0.2, 0.25) is 0 Å². The number of benzene rings is 1. The van der Waals surface area contributed by atoms with E-state index in [0.29, 0.717) is 42.2 Å². The maximum Gasteiger partial charge on any atom is 0.296 e. The number of rotatable bonds is 7. The van der Waals surface area contributed by atoms with Crippen LogP contribution in [0.1, 0.15) is 24.0 Å². The Morgan fingerprint density at radius 2 is 2.07 bits per heavy atom. The van der Waals surface area contributed by atoms with Crippen LogP contribution in [0.3, 0.4) is 0 Å². The van der Waals surface area contributed by atoms with E-state index in [4.69, 9.17) is 19.3 Å². The van der Waals surface area contributed by atoms with E-state index in [-0.39, 0.29) is 36.9 Å². The summed E-state index contributed by atoms with van der Waals surface area (Å²) in [4.78, 5) is 11.7. The number of nitrogens with zero attached hydrogens (tertiary/aromatic N) is 2. The van der Waals surface area contributed by atoms with E-state index in [1.54, 1.807) is 13.0 Å². The van der Waals surface area contributed by atoms with Gasteiger partial charge in [-0.15, -0.1) is 0 Å². The molecule has 9 heteroatoms. The predicted molar refractivity (Wildman–Crippen MR) is 99.8 cm³/mol. The molecule has 2 atom stereocenters. The van der Waals surface area contributed by atoms with Crippen LogP contribution in [0.15, 0.2) is 24.3 Å². The Labute approximate surface area is 165 Å². The number of fused-ring (bicyclic) bond motifs is 1. The zero-order chi connectivity index (χ0) is 20.4. The van der Waals surface area contributed by atoms with Gasteiger partial charge in [0, 0.05) is 18.6 Å². The monoisotopic (exact) mass is 405 g/mol. The minimum absolute atomic E-state index is 0.0199. The van der Waals surface area contributed by atoms with Crippen LogP contribution >= 0.6 is 0 Å². The molecule has 2 aromatic heterocycles. The summed E-state index contributed by atoms with van der Waals surface area (Å²) in [6.07, 6.45) is 1.07. The Balaban J connectivity index is 1.47. The van der Waals surface area contributed by atoms with Crippen LogP contribution in [0.4, 0.5) is 8.78 Å². The molecule has 0 spiro atoms. The van der Waals surface area contributed by atoms with E-state index in [0.717, 1.165) is 0 Å². The number of nitrogens with one attached hydrogen (secondary N) is 1. The third-order valence-electron chi connectivity index (χ3n) is 4.78. The van der Waals surface area contributed by atoms with E-state index >= 15 is 0 Å². The number of imidazole rings is 1. The lowest BCUT2D eigenvalue weighted by Crippen LogP contribution is -2.17. The molecule has 3 aromatic rings. The first-order valence-electron chi connectivity index (χ1n) is 9.35. The van der Waals surface area contributed by atoms with Gasteiger partial charge >= 0.3 is 0 Å². The standard InChI is InChI=1S/C20H21F2N3O4/c1-11-7-17-18(24-19(11)28-10-14-15(21)3-2-4-16(14)22)25-20(23-17)29-13-8-12(5-6-26)27-9-13/h2-4,7,12-13,26H,5-6,8-10H2,1H3,(H,23,24,25)/t12-,13+/m1/s1. The van der Waals surface area contributed by atoms with Crippen molar-refractivity contribution in [2.24, 2.45) is 0 Å². The zero-order valence-corrected chi connectivity index (χ0v) is 15.8. The quantitative estimate of drug-likeness (QED) is 0.628. The Morgan fingerprint density at radius 1 is 1.28 bits per heavy atom. The highest BCUT2D eigenvalue weighted by Gasteiger charge is 2.27. The molecule has 29 heavy (non-hydrogen) atoms. The van der Waals surface area contributed by atoms with Crippen molar-refractivity contribution in [1.29, 1.82) is 0 Å². The third-order valence-corrected chi connectivity index (χ3v) is 4.78. The second-order valence-electron chi connectivity index (χ2n) is 6.96. The maximum absolute atomic E-state index is 13.8. The van der Waals surface area contributed by atoms with Crippen molar-refractivity contribution < 1.29 is 28.1 Å². The molecular weight excluding hydrogens is 384 g/mol. The molecule has 154 valence electrons. The normalized spacial score (nSPS) is 19.0. The number of aromatic amines is 1. The highest BCUT2D eigenvalue weighted by atomic mass is 19.1. The van der Waals surface area contributed by atoms with Crippen molar-refractivity contribution in [3.63, 3.8) is 0 Å². The van der Waals surface area contributed by atoms with Crippen molar-refractivity contribution in [1.82, 2.24) is 15.0 Å². The number of H-pyrrole nitrogens is 1. The summed E-state index contributed by atoms with van der Waals surface area (Å²) in [6.45, 7) is 2.00. The van der Waals surface area contributed by atoms with Gasteiger partial charge in [0.1, 0.15) is 24.3 Å². The average molecular weight is 405 g/mol. The summed E-state index contributed by atoms with van der Waals surface area (Å²) in [7, 11) is 0. The smallest absolute Gasteiger partial charge is 0.296 e. The van der Waals surface area contributed by atoms with Gasteiger partial charge in [-0.3, -0.25) is 0 Å². The topological polar surface area (TPSA) is 89.5 Å². The number of aliphatic hydroxyl groups excluding tert-OH is 1. The van der Waals surface area contributed by atoms with Gasteiger partial charge in [-0.2, -0.15) is 9.97 Å². The van der Waals surface area contributed by atoms with Crippen LogP contribution < -0.4 is 9.47 Å². The first-order chi connectivity index (χ1) is 14.0. The van der Waals surface area contributed by atoms with E-state index < -0.39 is 11.6 Å². The van der Waals surface area contributed by atoms with Crippen molar-refractivity contribution >= 4 is 11.2 Å². The Kier molecular flexibility index (Phi) is 5.59. The molecule has 0 unspecified atom stereocenters. The second kappa shape index (κ2) is 8.30. The molecule has 1 fully saturated rings. The van der Waals surface area contributed by atoms with E-state index in [1.807, 2.05) is 0 Å². The molecule has 2 N–H and O–H groups in total. The second-order valence-corrected chi connectivity index (χ2v) is 6.96. The molecule has 3 heterocycles. The van der Waals surface area contributed by atoms with Crippen molar-refractivity contribution in [2.75, 3.05) is 13.2 Å². The minimum atomic E-state index is -0.669. The van der Waals surface area contributed by atoms with Gasteiger partial charge in [-0.05, 0) is 31.5 Å². The van der Waals surface area contributed by atoms with Gasteiger partial charge in [0.25, 0.3) is 6.01 Å². The summed E-state index contributed by atoms with van der Waals surface area (Å²) in [5.41, 5.74) is 1.57. The molecule has 0 saturated carbocycles. The molecule has 0 aliphatic carbocycles. The third kappa shape index (κ3) is 4.30. The molecule has 4 rings (SSSR count). The van der Waals surface area contributed by atoms with Crippen LogP contribution in [0, 0.1) is 18.6 Å². The molecule has 0 radical (unpaired) electrons. The summed E-state index contributed by atoms with van der Waals surface area (Å²) < 4.78 is 44.5. The molecular formula is C20H21F2N3O4. The number of aliphatic hydroxyl groups is 1.